The lowest BCUT2D eigenvalue weighted by molar-refractivity contribution is -0.120. The van der Waals surface area contributed by atoms with Crippen molar-refractivity contribution in [3.8, 4) is 0 Å². The summed E-state index contributed by atoms with van der Waals surface area (Å²) >= 11 is 0. The molecule has 2 aromatic rings. The number of benzene rings is 2. The molecule has 0 aromatic heterocycles. The van der Waals surface area contributed by atoms with Crippen LogP contribution in [0.3, 0.4) is 0 Å². The lowest BCUT2D eigenvalue weighted by atomic mass is 9.99. The van der Waals surface area contributed by atoms with E-state index in [0.29, 0.717) is 22.5 Å². The van der Waals surface area contributed by atoms with Crippen LogP contribution in [0.1, 0.15) is 25.3 Å². The predicted octanol–water partition coefficient (Wildman–Crippen LogP) is 3.13. The lowest BCUT2D eigenvalue weighted by Crippen LogP contribution is -2.35. The van der Waals surface area contributed by atoms with Crippen LogP contribution in [0.2, 0.25) is 0 Å². The Morgan fingerprint density at radius 2 is 1.55 bits per heavy atom. The first kappa shape index (κ1) is 21.1. The van der Waals surface area contributed by atoms with Gasteiger partial charge in [0.05, 0.1) is 17.9 Å². The Morgan fingerprint density at radius 1 is 0.935 bits per heavy atom. The molecule has 2 aliphatic rings. The van der Waals surface area contributed by atoms with Gasteiger partial charge in [-0.3, -0.25) is 9.59 Å². The molecular formula is C25H29N3O3. The quantitative estimate of drug-likeness (QED) is 0.729. The van der Waals surface area contributed by atoms with E-state index in [2.05, 4.69) is 11.8 Å². The number of amides is 2. The van der Waals surface area contributed by atoms with Crippen LogP contribution in [0.15, 0.2) is 60.3 Å². The van der Waals surface area contributed by atoms with Crippen molar-refractivity contribution in [2.24, 2.45) is 5.92 Å². The van der Waals surface area contributed by atoms with Crippen LogP contribution in [0, 0.1) is 5.92 Å². The van der Waals surface area contributed by atoms with Crippen LogP contribution in [0.4, 0.5) is 11.4 Å². The maximum atomic E-state index is 13.4. The first-order valence-electron chi connectivity index (χ1n) is 10.9. The highest BCUT2D eigenvalue weighted by atomic mass is 16.3. The van der Waals surface area contributed by atoms with Crippen LogP contribution in [-0.4, -0.2) is 55.1 Å². The second-order valence-electron chi connectivity index (χ2n) is 8.37. The normalized spacial score (nSPS) is 17.6. The van der Waals surface area contributed by atoms with Gasteiger partial charge in [0.1, 0.15) is 5.70 Å². The Kier molecular flexibility index (Phi) is 6.09. The van der Waals surface area contributed by atoms with Crippen molar-refractivity contribution >= 4 is 28.8 Å². The van der Waals surface area contributed by atoms with E-state index in [1.807, 2.05) is 54.6 Å². The molecule has 1 fully saturated rings. The predicted molar refractivity (Wildman–Crippen MR) is 123 cm³/mol. The van der Waals surface area contributed by atoms with Crippen LogP contribution < -0.4 is 9.80 Å². The molecule has 4 rings (SSSR count). The monoisotopic (exact) mass is 419 g/mol. The minimum absolute atomic E-state index is 0.104. The fourth-order valence-corrected chi connectivity index (χ4v) is 4.31. The molecule has 0 bridgehead atoms. The van der Waals surface area contributed by atoms with Gasteiger partial charge in [0, 0.05) is 32.4 Å². The molecule has 162 valence electrons. The van der Waals surface area contributed by atoms with E-state index in [4.69, 9.17) is 0 Å². The molecule has 2 heterocycles. The Balaban J connectivity index is 1.64. The van der Waals surface area contributed by atoms with Gasteiger partial charge in [-0.05, 0) is 48.6 Å². The molecule has 0 aliphatic carbocycles. The topological polar surface area (TPSA) is 64.1 Å². The number of aliphatic hydroxyl groups excluding tert-OH is 1. The molecule has 6 heteroatoms. The molecule has 2 amide bonds. The summed E-state index contributed by atoms with van der Waals surface area (Å²) in [5.41, 5.74) is 3.06. The van der Waals surface area contributed by atoms with Crippen molar-refractivity contribution in [1.29, 1.82) is 0 Å². The van der Waals surface area contributed by atoms with Gasteiger partial charge in [-0.1, -0.05) is 37.3 Å². The van der Waals surface area contributed by atoms with E-state index >= 15 is 0 Å². The zero-order valence-electron chi connectivity index (χ0n) is 18.1. The largest absolute Gasteiger partial charge is 0.395 e. The summed E-state index contributed by atoms with van der Waals surface area (Å²) in [7, 11) is 1.73. The van der Waals surface area contributed by atoms with Crippen LogP contribution >= 0.6 is 0 Å². The first-order valence-corrected chi connectivity index (χ1v) is 10.9. The average Bonchev–Trinajstić information content (AvgIpc) is 3.05. The van der Waals surface area contributed by atoms with E-state index in [-0.39, 0.29) is 25.0 Å². The number of nitrogens with zero attached hydrogens (tertiary/aromatic N) is 3. The molecule has 6 nitrogen and oxygen atoms in total. The Morgan fingerprint density at radius 3 is 2.16 bits per heavy atom. The zero-order chi connectivity index (χ0) is 22.0. The number of rotatable bonds is 6. The highest BCUT2D eigenvalue weighted by molar-refractivity contribution is 6.45. The number of imide groups is 1. The zero-order valence-corrected chi connectivity index (χ0v) is 18.1. The number of piperidine rings is 1. The molecule has 2 aliphatic heterocycles. The molecule has 1 N–H and O–H groups in total. The van der Waals surface area contributed by atoms with Gasteiger partial charge < -0.3 is 14.9 Å². The van der Waals surface area contributed by atoms with Crippen molar-refractivity contribution in [2.45, 2.75) is 19.8 Å². The summed E-state index contributed by atoms with van der Waals surface area (Å²) in [6, 6.07) is 16.9. The number of likely N-dealkylation sites (N-methyl/N-ethyl adjacent to an activating group) is 1. The van der Waals surface area contributed by atoms with Gasteiger partial charge in [-0.2, -0.15) is 0 Å². The van der Waals surface area contributed by atoms with Crippen LogP contribution in [-0.2, 0) is 9.59 Å². The lowest BCUT2D eigenvalue weighted by Gasteiger charge is -2.32. The third-order valence-corrected chi connectivity index (χ3v) is 6.20. The number of carbonyl (C=O) groups excluding carboxylic acids is 2. The van der Waals surface area contributed by atoms with E-state index < -0.39 is 0 Å². The van der Waals surface area contributed by atoms with Crippen LogP contribution in [0.5, 0.6) is 0 Å². The Hall–Kier alpha value is -3.12. The molecule has 0 atom stereocenters. The molecule has 2 aromatic carbocycles. The Labute approximate surface area is 183 Å². The van der Waals surface area contributed by atoms with Gasteiger partial charge in [-0.15, -0.1) is 0 Å². The van der Waals surface area contributed by atoms with E-state index in [1.54, 1.807) is 11.9 Å². The summed E-state index contributed by atoms with van der Waals surface area (Å²) < 4.78 is 0. The summed E-state index contributed by atoms with van der Waals surface area (Å²) in [4.78, 5) is 32.0. The second kappa shape index (κ2) is 8.94. The average molecular weight is 420 g/mol. The van der Waals surface area contributed by atoms with E-state index in [1.165, 1.54) is 17.7 Å². The summed E-state index contributed by atoms with van der Waals surface area (Å²) in [6.45, 7) is 4.50. The van der Waals surface area contributed by atoms with Crippen molar-refractivity contribution in [1.82, 2.24) is 4.90 Å². The van der Waals surface area contributed by atoms with Crippen molar-refractivity contribution in [3.05, 3.63) is 65.9 Å². The number of hydrogen-bond donors (Lipinski definition) is 1. The molecule has 31 heavy (non-hydrogen) atoms. The fraction of sp³-hybridized carbons (Fsp3) is 0.360. The Bertz CT molecular complexity index is 977. The molecule has 0 saturated carbocycles. The SMILES string of the molecule is CC1CCN(c2ccc(N3C(=O)C(c4ccccc4)=C(N(C)CCO)C3=O)cc2)CC1. The van der Waals surface area contributed by atoms with Gasteiger partial charge in [-0.25, -0.2) is 4.90 Å². The highest BCUT2D eigenvalue weighted by Gasteiger charge is 2.41. The minimum atomic E-state index is -0.362. The maximum Gasteiger partial charge on any atom is 0.282 e. The number of hydrogen-bond acceptors (Lipinski definition) is 5. The number of carbonyl (C=O) groups is 2. The minimum Gasteiger partial charge on any atom is -0.395 e. The molecule has 0 unspecified atom stereocenters. The first-order chi connectivity index (χ1) is 15.0. The van der Waals surface area contributed by atoms with Gasteiger partial charge in [0.2, 0.25) is 0 Å². The van der Waals surface area contributed by atoms with Crippen LogP contribution in [0.25, 0.3) is 5.57 Å². The van der Waals surface area contributed by atoms with Gasteiger partial charge in [0.25, 0.3) is 11.8 Å². The number of aliphatic hydroxyl groups is 1. The van der Waals surface area contributed by atoms with Crippen molar-refractivity contribution in [3.63, 3.8) is 0 Å². The maximum absolute atomic E-state index is 13.4. The summed E-state index contributed by atoms with van der Waals surface area (Å²) in [6.07, 6.45) is 2.35. The van der Waals surface area contributed by atoms with Crippen molar-refractivity contribution < 1.29 is 14.7 Å². The van der Waals surface area contributed by atoms with Gasteiger partial charge in [0.15, 0.2) is 0 Å². The molecule has 1 saturated heterocycles. The third-order valence-electron chi connectivity index (χ3n) is 6.20. The van der Waals surface area contributed by atoms with Crippen molar-refractivity contribution in [2.75, 3.05) is 43.1 Å². The fourth-order valence-electron chi connectivity index (χ4n) is 4.31. The van der Waals surface area contributed by atoms with E-state index in [0.717, 1.165) is 24.7 Å². The third kappa shape index (κ3) is 4.08. The standard InChI is InChI=1S/C25H29N3O3/c1-18-12-14-27(15-13-18)20-8-10-21(11-9-20)28-24(30)22(19-6-4-3-5-7-19)23(25(28)31)26(2)16-17-29/h3-11,18,29H,12-17H2,1-2H3. The number of anilines is 2. The smallest absolute Gasteiger partial charge is 0.282 e. The molecular weight excluding hydrogens is 390 g/mol. The molecule has 0 radical (unpaired) electrons. The highest BCUT2D eigenvalue weighted by Crippen LogP contribution is 2.35. The van der Waals surface area contributed by atoms with Gasteiger partial charge >= 0.3 is 0 Å². The van der Waals surface area contributed by atoms with E-state index in [9.17, 15) is 14.7 Å². The summed E-state index contributed by atoms with van der Waals surface area (Å²) in [5.74, 6) is 0.0575. The molecule has 0 spiro atoms. The second-order valence-corrected chi connectivity index (χ2v) is 8.37. The summed E-state index contributed by atoms with van der Waals surface area (Å²) in [5, 5.41) is 9.38.